The molecule has 0 aromatic heterocycles. The highest BCUT2D eigenvalue weighted by molar-refractivity contribution is 5.76. The second-order valence-electron chi connectivity index (χ2n) is 21.5. The minimum absolute atomic E-state index is 0.186. The minimum Gasteiger partial charge on any atom is -0.394 e. The SMILES string of the molecule is CCCCCCCCCCCCCCCCCCCCCC/C=C/CC/C=C/CC/C=C/C(O)C(COC1OC(CO)C(O)C(O)C1O)NC(=O)CCCCCCCCCCCCCCCCCCCC. The van der Waals surface area contributed by atoms with E-state index >= 15 is 0 Å². The van der Waals surface area contributed by atoms with E-state index in [-0.39, 0.29) is 12.5 Å². The van der Waals surface area contributed by atoms with E-state index in [0.29, 0.717) is 6.42 Å². The highest BCUT2D eigenvalue weighted by Gasteiger charge is 2.44. The Bertz CT molecular complexity index is 1210. The van der Waals surface area contributed by atoms with Gasteiger partial charge in [0.05, 0.1) is 25.4 Å². The molecule has 0 bridgehead atoms. The summed E-state index contributed by atoms with van der Waals surface area (Å²) in [5.74, 6) is -0.186. The minimum atomic E-state index is -1.57. The van der Waals surface area contributed by atoms with E-state index < -0.39 is 49.5 Å². The zero-order valence-corrected chi connectivity index (χ0v) is 46.5. The van der Waals surface area contributed by atoms with E-state index in [0.717, 1.165) is 44.9 Å². The largest absolute Gasteiger partial charge is 0.394 e. The predicted molar refractivity (Wildman–Crippen MR) is 300 cm³/mol. The van der Waals surface area contributed by atoms with Gasteiger partial charge in [-0.2, -0.15) is 0 Å². The Balaban J connectivity index is 2.21. The van der Waals surface area contributed by atoms with Crippen molar-refractivity contribution in [3.8, 4) is 0 Å². The molecular weight excluding hydrogens is 887 g/mol. The molecule has 1 fully saturated rings. The van der Waals surface area contributed by atoms with E-state index in [1.807, 2.05) is 6.08 Å². The molecule has 1 heterocycles. The number of aliphatic hydroxyl groups is 5. The van der Waals surface area contributed by atoms with Crippen molar-refractivity contribution < 1.29 is 39.8 Å². The van der Waals surface area contributed by atoms with Crippen molar-refractivity contribution in [3.63, 3.8) is 0 Å². The fraction of sp³-hybridized carbons (Fsp3) is 0.887. The first kappa shape index (κ1) is 67.4. The average molecular weight is 1000 g/mol. The van der Waals surface area contributed by atoms with Gasteiger partial charge in [-0.1, -0.05) is 281 Å². The van der Waals surface area contributed by atoms with Gasteiger partial charge in [-0.25, -0.2) is 0 Å². The molecule has 1 rings (SSSR count). The Labute approximate surface area is 438 Å². The summed E-state index contributed by atoms with van der Waals surface area (Å²) >= 11 is 0. The maximum atomic E-state index is 13.0. The average Bonchev–Trinajstić information content (AvgIpc) is 3.37. The lowest BCUT2D eigenvalue weighted by Crippen LogP contribution is -2.60. The Hall–Kier alpha value is -1.59. The molecule has 7 atom stereocenters. The topological polar surface area (TPSA) is 149 Å². The molecule has 71 heavy (non-hydrogen) atoms. The highest BCUT2D eigenvalue weighted by atomic mass is 16.7. The molecule has 7 unspecified atom stereocenters. The van der Waals surface area contributed by atoms with Crippen LogP contribution in [0.25, 0.3) is 0 Å². The van der Waals surface area contributed by atoms with Gasteiger partial charge < -0.3 is 40.3 Å². The van der Waals surface area contributed by atoms with Crippen LogP contribution < -0.4 is 5.32 Å². The Morgan fingerprint density at radius 3 is 1.18 bits per heavy atom. The van der Waals surface area contributed by atoms with Crippen LogP contribution in [0.5, 0.6) is 0 Å². The van der Waals surface area contributed by atoms with Crippen LogP contribution >= 0.6 is 0 Å². The van der Waals surface area contributed by atoms with Gasteiger partial charge in [-0.05, 0) is 44.9 Å². The van der Waals surface area contributed by atoms with Crippen LogP contribution in [0, 0.1) is 0 Å². The van der Waals surface area contributed by atoms with Gasteiger partial charge in [-0.3, -0.25) is 4.79 Å². The molecular formula is C62H117NO8. The molecule has 418 valence electrons. The quantitative estimate of drug-likeness (QED) is 0.0261. The first-order valence-corrected chi connectivity index (χ1v) is 30.7. The van der Waals surface area contributed by atoms with Crippen LogP contribution in [0.2, 0.25) is 0 Å². The summed E-state index contributed by atoms with van der Waals surface area (Å²) in [4.78, 5) is 13.0. The molecule has 1 aliphatic rings. The number of carbonyl (C=O) groups excluding carboxylic acids is 1. The number of aliphatic hydroxyl groups excluding tert-OH is 5. The molecule has 0 radical (unpaired) electrons. The number of ether oxygens (including phenoxy) is 2. The standard InChI is InChI=1S/C62H117NO8/c1-3-5-7-9-11-13-15-17-19-21-23-24-25-26-27-28-29-30-31-32-33-34-35-37-39-41-43-45-47-49-51-56(65)55(54-70-62-61(69)60(68)59(67)57(53-64)71-62)63-58(66)52-50-48-46-44-42-40-38-36-22-20-18-16-14-12-10-8-6-4-2/h34-35,41,43,49,51,55-57,59-62,64-65,67-69H,3-33,36-40,42,44-48,50,52-54H2,1-2H3,(H,63,66)/b35-34+,43-41+,51-49+. The van der Waals surface area contributed by atoms with Crippen molar-refractivity contribution in [2.24, 2.45) is 0 Å². The second kappa shape index (κ2) is 51.9. The Morgan fingerprint density at radius 2 is 0.803 bits per heavy atom. The van der Waals surface area contributed by atoms with Crippen LogP contribution in [0.15, 0.2) is 36.5 Å². The third kappa shape index (κ3) is 41.4. The van der Waals surface area contributed by atoms with E-state index in [4.69, 9.17) is 9.47 Å². The first-order valence-electron chi connectivity index (χ1n) is 30.7. The molecule has 0 aromatic carbocycles. The van der Waals surface area contributed by atoms with Crippen molar-refractivity contribution in [2.45, 2.75) is 339 Å². The van der Waals surface area contributed by atoms with E-state index in [1.54, 1.807) is 6.08 Å². The van der Waals surface area contributed by atoms with Crippen molar-refractivity contribution in [2.75, 3.05) is 13.2 Å². The fourth-order valence-electron chi connectivity index (χ4n) is 9.84. The van der Waals surface area contributed by atoms with Gasteiger partial charge in [-0.15, -0.1) is 0 Å². The molecule has 1 saturated heterocycles. The lowest BCUT2D eigenvalue weighted by molar-refractivity contribution is -0.302. The van der Waals surface area contributed by atoms with E-state index in [2.05, 4.69) is 43.5 Å². The van der Waals surface area contributed by atoms with Crippen molar-refractivity contribution in [1.29, 1.82) is 0 Å². The lowest BCUT2D eigenvalue weighted by atomic mass is 9.99. The molecule has 6 N–H and O–H groups in total. The molecule has 9 nitrogen and oxygen atoms in total. The van der Waals surface area contributed by atoms with Crippen LogP contribution in [0.1, 0.15) is 296 Å². The van der Waals surface area contributed by atoms with Gasteiger partial charge >= 0.3 is 0 Å². The number of hydrogen-bond acceptors (Lipinski definition) is 8. The molecule has 9 heteroatoms. The molecule has 1 amide bonds. The summed E-state index contributed by atoms with van der Waals surface area (Å²) in [6, 6.07) is -0.826. The van der Waals surface area contributed by atoms with Gasteiger partial charge in [0, 0.05) is 6.42 Å². The van der Waals surface area contributed by atoms with Crippen LogP contribution in [0.3, 0.4) is 0 Å². The first-order chi connectivity index (χ1) is 34.8. The summed E-state index contributed by atoms with van der Waals surface area (Å²) in [5, 5.41) is 54.5. The van der Waals surface area contributed by atoms with Crippen LogP contribution in [-0.4, -0.2) is 87.5 Å². The van der Waals surface area contributed by atoms with Crippen molar-refractivity contribution >= 4 is 5.91 Å². The number of rotatable bonds is 53. The summed E-state index contributed by atoms with van der Waals surface area (Å²) < 4.78 is 11.3. The van der Waals surface area contributed by atoms with E-state index in [1.165, 1.54) is 231 Å². The molecule has 0 aliphatic carbocycles. The maximum Gasteiger partial charge on any atom is 0.220 e. The number of amides is 1. The van der Waals surface area contributed by atoms with Crippen LogP contribution in [-0.2, 0) is 14.3 Å². The molecule has 0 saturated carbocycles. The zero-order valence-electron chi connectivity index (χ0n) is 46.5. The van der Waals surface area contributed by atoms with Gasteiger partial charge in [0.25, 0.3) is 0 Å². The highest BCUT2D eigenvalue weighted by Crippen LogP contribution is 2.23. The fourth-order valence-corrected chi connectivity index (χ4v) is 9.84. The van der Waals surface area contributed by atoms with E-state index in [9.17, 15) is 30.3 Å². The van der Waals surface area contributed by atoms with Crippen LogP contribution in [0.4, 0.5) is 0 Å². The monoisotopic (exact) mass is 1000 g/mol. The number of unbranched alkanes of at least 4 members (excludes halogenated alkanes) is 39. The van der Waals surface area contributed by atoms with Gasteiger partial charge in [0.1, 0.15) is 24.4 Å². The zero-order chi connectivity index (χ0) is 51.5. The number of nitrogens with one attached hydrogen (secondary N) is 1. The smallest absolute Gasteiger partial charge is 0.220 e. The third-order valence-electron chi connectivity index (χ3n) is 14.7. The van der Waals surface area contributed by atoms with Gasteiger partial charge in [0.2, 0.25) is 5.91 Å². The number of carbonyl (C=O) groups is 1. The normalized spacial score (nSPS) is 19.5. The molecule has 1 aliphatic heterocycles. The number of hydrogen-bond donors (Lipinski definition) is 6. The summed E-state index contributed by atoms with van der Waals surface area (Å²) in [6.45, 7) is 3.80. The number of allylic oxidation sites excluding steroid dienone is 5. The summed E-state index contributed by atoms with van der Waals surface area (Å²) in [6.07, 6.45) is 60.9. The Kier molecular flexibility index (Phi) is 49.3. The maximum absolute atomic E-state index is 13.0. The van der Waals surface area contributed by atoms with Crippen molar-refractivity contribution in [1.82, 2.24) is 5.32 Å². The predicted octanol–water partition coefficient (Wildman–Crippen LogP) is 15.5. The Morgan fingerprint density at radius 1 is 0.465 bits per heavy atom. The third-order valence-corrected chi connectivity index (χ3v) is 14.7. The van der Waals surface area contributed by atoms with Crippen molar-refractivity contribution in [3.05, 3.63) is 36.5 Å². The summed E-state index contributed by atoms with van der Waals surface area (Å²) in [5.41, 5.74) is 0. The molecule has 0 spiro atoms. The lowest BCUT2D eigenvalue weighted by Gasteiger charge is -2.40. The summed E-state index contributed by atoms with van der Waals surface area (Å²) in [7, 11) is 0. The van der Waals surface area contributed by atoms with Gasteiger partial charge in [0.15, 0.2) is 6.29 Å². The molecule has 0 aromatic rings. The second-order valence-corrected chi connectivity index (χ2v) is 21.5.